The summed E-state index contributed by atoms with van der Waals surface area (Å²) < 4.78 is 6.28. The number of likely N-dealkylation sites (tertiary alicyclic amines) is 1. The fourth-order valence-electron chi connectivity index (χ4n) is 11.5. The first kappa shape index (κ1) is 55.4. The highest BCUT2D eigenvalue weighted by Crippen LogP contribution is 2.35. The zero-order valence-corrected chi connectivity index (χ0v) is 45.6. The number of aryl methyl sites for hydroxylation is 2. The Morgan fingerprint density at radius 3 is 1.84 bits per heavy atom. The smallest absolute Gasteiger partial charge is 0.243 e. The molecule has 1 saturated heterocycles. The lowest BCUT2D eigenvalue weighted by Crippen LogP contribution is -2.58. The maximum atomic E-state index is 14.6. The molecule has 1 aliphatic heterocycles. The number of benzene rings is 4. The Morgan fingerprint density at radius 2 is 1.24 bits per heavy atom. The number of nitrogens with zero attached hydrogens (tertiary/aromatic N) is 1. The van der Waals surface area contributed by atoms with Gasteiger partial charge in [-0.05, 0) is 155 Å². The third-order valence-electron chi connectivity index (χ3n) is 16.2. The van der Waals surface area contributed by atoms with E-state index in [1.54, 1.807) is 0 Å². The van der Waals surface area contributed by atoms with Gasteiger partial charge in [0.15, 0.2) is 5.78 Å². The van der Waals surface area contributed by atoms with Gasteiger partial charge in [-0.3, -0.25) is 19.2 Å². The molecule has 1 heterocycles. The van der Waals surface area contributed by atoms with Crippen LogP contribution in [0.15, 0.2) is 109 Å². The molecular weight excluding hydrogens is 937 g/mol. The van der Waals surface area contributed by atoms with E-state index in [9.17, 15) is 19.2 Å². The minimum absolute atomic E-state index is 0.0338. The van der Waals surface area contributed by atoms with Gasteiger partial charge < -0.3 is 46.9 Å². The molecule has 402 valence electrons. The predicted molar refractivity (Wildman–Crippen MR) is 299 cm³/mol. The number of hydrogen-bond donors (Lipinski definition) is 7. The number of carbonyl (C=O) groups is 4. The molecule has 4 aliphatic rings. The van der Waals surface area contributed by atoms with E-state index in [0.29, 0.717) is 51.9 Å². The summed E-state index contributed by atoms with van der Waals surface area (Å²) in [4.78, 5) is 59.4. The summed E-state index contributed by atoms with van der Waals surface area (Å²) >= 11 is 0. The first-order valence-corrected chi connectivity index (χ1v) is 27.8. The molecule has 75 heavy (non-hydrogen) atoms. The number of ether oxygens (including phenoxy) is 1. The van der Waals surface area contributed by atoms with E-state index in [-0.39, 0.29) is 59.1 Å². The average Bonchev–Trinajstić information content (AvgIpc) is 3.85. The van der Waals surface area contributed by atoms with Crippen LogP contribution in [0, 0.1) is 17.3 Å². The fraction of sp³-hybridized carbons (Fsp3) is 0.516. The monoisotopic (exact) mass is 1020 g/mol. The van der Waals surface area contributed by atoms with Crippen molar-refractivity contribution in [1.29, 1.82) is 0 Å². The molecule has 7 N–H and O–H groups in total. The molecule has 4 aromatic rings. The number of allylic oxidation sites excluding steroid dienone is 2. The average molecular weight is 1020 g/mol. The normalized spacial score (nSPS) is 22.9. The van der Waals surface area contributed by atoms with Gasteiger partial charge in [0.25, 0.3) is 0 Å². The highest BCUT2D eigenvalue weighted by molar-refractivity contribution is 5.93. The minimum atomic E-state index is -0.619. The summed E-state index contributed by atoms with van der Waals surface area (Å²) in [7, 11) is 3.83. The molecule has 0 radical (unpaired) electrons. The minimum Gasteiger partial charge on any atom is -0.489 e. The van der Waals surface area contributed by atoms with Gasteiger partial charge in [-0.25, -0.2) is 0 Å². The zero-order chi connectivity index (χ0) is 53.1. The molecule has 4 aromatic carbocycles. The van der Waals surface area contributed by atoms with E-state index in [0.717, 1.165) is 61.1 Å². The maximum Gasteiger partial charge on any atom is 0.243 e. The molecule has 0 saturated carbocycles. The van der Waals surface area contributed by atoms with Crippen molar-refractivity contribution in [1.82, 2.24) is 36.8 Å². The Hall–Kier alpha value is -5.86. The number of amides is 3. The quantitative estimate of drug-likeness (QED) is 0.0385. The molecule has 0 unspecified atom stereocenters. The van der Waals surface area contributed by atoms with E-state index in [4.69, 9.17) is 4.74 Å². The van der Waals surface area contributed by atoms with E-state index >= 15 is 0 Å². The number of fused-ring (bicyclic) bond motifs is 2. The Kier molecular flexibility index (Phi) is 19.0. The summed E-state index contributed by atoms with van der Waals surface area (Å²) in [5, 5.41) is 24.0. The van der Waals surface area contributed by atoms with Crippen molar-refractivity contribution >= 4 is 29.2 Å². The molecule has 0 spiro atoms. The number of carbonyl (C=O) groups excluding carboxylic acids is 4. The van der Waals surface area contributed by atoms with E-state index < -0.39 is 30.0 Å². The van der Waals surface area contributed by atoms with Gasteiger partial charge in [-0.15, -0.1) is 0 Å². The number of ketones is 1. The summed E-state index contributed by atoms with van der Waals surface area (Å²) in [6, 6.07) is 31.4. The van der Waals surface area contributed by atoms with Crippen molar-refractivity contribution in [3.63, 3.8) is 0 Å². The van der Waals surface area contributed by atoms with Gasteiger partial charge in [0.1, 0.15) is 18.4 Å². The first-order valence-electron chi connectivity index (χ1n) is 27.8. The Balaban J connectivity index is 0.885. The molecule has 0 bridgehead atoms. The molecule has 0 aromatic heterocycles. The van der Waals surface area contributed by atoms with E-state index in [2.05, 4.69) is 120 Å². The van der Waals surface area contributed by atoms with Gasteiger partial charge in [-0.2, -0.15) is 0 Å². The number of anilines is 1. The second-order valence-corrected chi connectivity index (χ2v) is 22.8. The van der Waals surface area contributed by atoms with Crippen molar-refractivity contribution in [3.8, 4) is 5.75 Å². The summed E-state index contributed by atoms with van der Waals surface area (Å²) in [6.45, 7) is 12.4. The molecule has 10 atom stereocenters. The second kappa shape index (κ2) is 25.8. The molecule has 1 fully saturated rings. The summed E-state index contributed by atoms with van der Waals surface area (Å²) in [5.74, 6) is -0.244. The van der Waals surface area contributed by atoms with Gasteiger partial charge in [0.05, 0.1) is 30.1 Å². The maximum absolute atomic E-state index is 14.6. The lowest BCUT2D eigenvalue weighted by molar-refractivity contribution is -0.142. The van der Waals surface area contributed by atoms with Gasteiger partial charge in [0.2, 0.25) is 17.7 Å². The largest absolute Gasteiger partial charge is 0.489 e. The Morgan fingerprint density at radius 1 is 0.680 bits per heavy atom. The first-order chi connectivity index (χ1) is 36.2. The van der Waals surface area contributed by atoms with Crippen LogP contribution in [0.5, 0.6) is 5.75 Å². The van der Waals surface area contributed by atoms with Crippen molar-refractivity contribution in [2.45, 2.75) is 154 Å². The number of likely N-dealkylation sites (N-methyl/N-ethyl adjacent to an activating group) is 2. The molecule has 13 heteroatoms. The molecule has 8 rings (SSSR count). The van der Waals surface area contributed by atoms with Crippen LogP contribution < -0.4 is 42.0 Å². The van der Waals surface area contributed by atoms with Crippen molar-refractivity contribution < 1.29 is 23.9 Å². The van der Waals surface area contributed by atoms with Gasteiger partial charge in [0, 0.05) is 49.4 Å². The third-order valence-corrected chi connectivity index (χ3v) is 16.2. The van der Waals surface area contributed by atoms with Crippen LogP contribution in [-0.2, 0) is 45.0 Å². The van der Waals surface area contributed by atoms with Crippen molar-refractivity contribution in [2.24, 2.45) is 17.3 Å². The van der Waals surface area contributed by atoms with Crippen LogP contribution in [-0.4, -0.2) is 98.4 Å². The molecule has 13 nitrogen and oxygen atoms in total. The lowest BCUT2D eigenvalue weighted by Gasteiger charge is -2.36. The van der Waals surface area contributed by atoms with E-state index in [1.165, 1.54) is 22.3 Å². The Labute approximate surface area is 446 Å². The van der Waals surface area contributed by atoms with Crippen molar-refractivity contribution in [3.05, 3.63) is 143 Å². The molecular formula is C62H84N8O5. The van der Waals surface area contributed by atoms with Crippen molar-refractivity contribution in [2.75, 3.05) is 39.0 Å². The van der Waals surface area contributed by atoms with Gasteiger partial charge >= 0.3 is 0 Å². The summed E-state index contributed by atoms with van der Waals surface area (Å²) in [5.41, 5.74) is 7.46. The van der Waals surface area contributed by atoms with Crippen LogP contribution in [0.4, 0.5) is 5.69 Å². The number of rotatable bonds is 22. The number of nitrogens with one attached hydrogen (secondary N) is 7. The van der Waals surface area contributed by atoms with Gasteiger partial charge in [-0.1, -0.05) is 106 Å². The van der Waals surface area contributed by atoms with E-state index in [1.807, 2.05) is 79.7 Å². The van der Waals surface area contributed by atoms with Crippen LogP contribution in [0.3, 0.4) is 0 Å². The van der Waals surface area contributed by atoms with Crippen LogP contribution in [0.2, 0.25) is 0 Å². The summed E-state index contributed by atoms with van der Waals surface area (Å²) in [6.07, 6.45) is 12.0. The topological polar surface area (TPSA) is 165 Å². The molecule has 3 amide bonds. The number of Topliss-reactive ketones (excluding diaryl/α,β-unsaturated/α-hetero) is 1. The standard InChI is InChI=1S/C62H84N8O5/c1-40(63-6)36-65-55(57(71)51-22-12-13-23-52(51)59(72)68-53-24-14-18-44-16-8-10-20-49(44)53)34-42-28-32-48(33-29-42)75-39-43-26-30-46(31-27-43)67-47-35-56(60(73)69-54-25-15-19-45-17-9-11-21-50(45)54)70(38-47)61(74)58(62(3,4)5)66-37-41(2)64-7/h8-13,16-17,20-21,26-33,40-41,47,51-56,58,63-67H,14-15,18-19,22-25,34-39H2,1-7H3,(H,68,72)(H,69,73)/t40-,41-,47-,51-,52+,53+,54+,55-,56-,58+/m0/s1. The fourth-order valence-corrected chi connectivity index (χ4v) is 11.5. The second-order valence-electron chi connectivity index (χ2n) is 22.8. The highest BCUT2D eigenvalue weighted by Gasteiger charge is 2.45. The predicted octanol–water partition coefficient (Wildman–Crippen LogP) is 7.91. The van der Waals surface area contributed by atoms with Crippen LogP contribution >= 0.6 is 0 Å². The molecule has 3 aliphatic carbocycles. The lowest BCUT2D eigenvalue weighted by atomic mass is 9.76. The highest BCUT2D eigenvalue weighted by atomic mass is 16.5. The Bertz CT molecular complexity index is 2580. The SMILES string of the molecule is CN[C@@H](C)CN[C@@H](Cc1ccc(OCc2ccc(N[C@H]3C[C@@H](C(=O)N[C@@H]4CCCc5ccccc54)N(C(=O)[C@@H](NC[C@H](C)NC)C(C)(C)C)C3)cc2)cc1)C(=O)[C@H]1CC=CC[C@H]1C(=O)N[C@@H]1CCCc2ccccc21. The number of hydrogen-bond acceptors (Lipinski definition) is 10. The van der Waals surface area contributed by atoms with Crippen LogP contribution in [0.25, 0.3) is 0 Å². The zero-order valence-electron chi connectivity index (χ0n) is 45.6. The van der Waals surface area contributed by atoms with Crippen LogP contribution in [0.1, 0.15) is 125 Å². The third kappa shape index (κ3) is 14.3.